The van der Waals surface area contributed by atoms with Gasteiger partial charge in [0.25, 0.3) is 0 Å². The van der Waals surface area contributed by atoms with E-state index in [4.69, 9.17) is 5.26 Å². The number of hydrogen-bond acceptors (Lipinski definition) is 1. The highest BCUT2D eigenvalue weighted by Crippen LogP contribution is 2.30. The lowest BCUT2D eigenvalue weighted by molar-refractivity contribution is 0.424. The average Bonchev–Trinajstić information content (AvgIpc) is 2.27. The minimum absolute atomic E-state index is 0.332. The Hall–Kier alpha value is -1.57. The molecule has 0 aromatic heterocycles. The van der Waals surface area contributed by atoms with Gasteiger partial charge in [-0.1, -0.05) is 13.8 Å². The first-order chi connectivity index (χ1) is 7.45. The van der Waals surface area contributed by atoms with Gasteiger partial charge in [-0.05, 0) is 12.3 Å². The second-order valence-electron chi connectivity index (χ2n) is 3.47. The van der Waals surface area contributed by atoms with Gasteiger partial charge in [0.1, 0.15) is 11.6 Å². The normalized spacial score (nSPS) is 12.3. The van der Waals surface area contributed by atoms with Gasteiger partial charge in [0, 0.05) is 5.56 Å². The van der Waals surface area contributed by atoms with E-state index in [0.29, 0.717) is 6.42 Å². The fourth-order valence-corrected chi connectivity index (χ4v) is 1.38. The summed E-state index contributed by atoms with van der Waals surface area (Å²) in [7, 11) is 0. The summed E-state index contributed by atoms with van der Waals surface area (Å²) in [5.41, 5.74) is -1.86. The molecule has 1 atom stereocenters. The fourth-order valence-electron chi connectivity index (χ4n) is 1.38. The lowest BCUT2D eigenvalue weighted by Crippen LogP contribution is -2.09. The Morgan fingerprint density at radius 3 is 1.81 bits per heavy atom. The summed E-state index contributed by atoms with van der Waals surface area (Å²) in [6, 6.07) is 1.10. The summed E-state index contributed by atoms with van der Waals surface area (Å²) < 4.78 is 53.2. The van der Waals surface area contributed by atoms with Crippen molar-refractivity contribution >= 4 is 0 Å². The molecule has 86 valence electrons. The maximum atomic E-state index is 13.4. The molecule has 0 heterocycles. The zero-order chi connectivity index (χ0) is 12.5. The first kappa shape index (κ1) is 12.5. The number of hydrogen-bond donors (Lipinski definition) is 0. The molecule has 0 saturated heterocycles. The largest absolute Gasteiger partial charge is 0.203 e. The predicted molar refractivity (Wildman–Crippen MR) is 49.7 cm³/mol. The summed E-state index contributed by atoms with van der Waals surface area (Å²) in [5.74, 6) is -6.88. The van der Waals surface area contributed by atoms with Crippen LogP contribution in [0.25, 0.3) is 0 Å². The van der Waals surface area contributed by atoms with E-state index in [-0.39, 0.29) is 0 Å². The summed E-state index contributed by atoms with van der Waals surface area (Å²) in [6.07, 6.45) is 0.332. The Labute approximate surface area is 90.3 Å². The molecule has 1 aromatic carbocycles. The minimum atomic E-state index is -1.63. The molecule has 0 aliphatic carbocycles. The molecule has 0 amide bonds. The van der Waals surface area contributed by atoms with Crippen molar-refractivity contribution in [3.05, 3.63) is 34.4 Å². The Morgan fingerprint density at radius 2 is 1.50 bits per heavy atom. The Balaban J connectivity index is 3.61. The molecule has 0 bridgehead atoms. The molecule has 1 unspecified atom stereocenters. The Kier molecular flexibility index (Phi) is 3.53. The van der Waals surface area contributed by atoms with E-state index in [1.54, 1.807) is 6.92 Å². The molecule has 0 fully saturated rings. The lowest BCUT2D eigenvalue weighted by Gasteiger charge is -2.13. The molecule has 16 heavy (non-hydrogen) atoms. The molecule has 5 heteroatoms. The van der Waals surface area contributed by atoms with Crippen molar-refractivity contribution in [3.63, 3.8) is 0 Å². The van der Waals surface area contributed by atoms with Gasteiger partial charge in [-0.25, -0.2) is 17.6 Å². The van der Waals surface area contributed by atoms with Crippen molar-refractivity contribution in [1.82, 2.24) is 0 Å². The van der Waals surface area contributed by atoms with E-state index in [0.717, 1.165) is 6.07 Å². The third-order valence-electron chi connectivity index (χ3n) is 2.51. The van der Waals surface area contributed by atoms with Crippen LogP contribution in [0.3, 0.4) is 0 Å². The molecule has 1 nitrogen and oxygen atoms in total. The highest BCUT2D eigenvalue weighted by molar-refractivity contribution is 5.38. The molecule has 0 aliphatic heterocycles. The molecular weight excluding hydrogens is 222 g/mol. The van der Waals surface area contributed by atoms with E-state index in [1.807, 2.05) is 0 Å². The van der Waals surface area contributed by atoms with Crippen LogP contribution in [-0.2, 0) is 0 Å². The van der Waals surface area contributed by atoms with Crippen LogP contribution in [0.4, 0.5) is 17.6 Å². The highest BCUT2D eigenvalue weighted by atomic mass is 19.2. The maximum absolute atomic E-state index is 13.4. The quantitative estimate of drug-likeness (QED) is 0.563. The van der Waals surface area contributed by atoms with Crippen molar-refractivity contribution in [2.24, 2.45) is 0 Å². The van der Waals surface area contributed by atoms with Gasteiger partial charge in [0.05, 0.1) is 0 Å². The first-order valence-corrected chi connectivity index (χ1v) is 4.71. The van der Waals surface area contributed by atoms with Crippen LogP contribution >= 0.6 is 0 Å². The van der Waals surface area contributed by atoms with Crippen molar-refractivity contribution in [2.45, 2.75) is 26.2 Å². The number of benzene rings is 1. The highest BCUT2D eigenvalue weighted by Gasteiger charge is 2.27. The Morgan fingerprint density at radius 1 is 1.06 bits per heavy atom. The van der Waals surface area contributed by atoms with Crippen molar-refractivity contribution < 1.29 is 17.6 Å². The van der Waals surface area contributed by atoms with Crippen LogP contribution in [-0.4, -0.2) is 0 Å². The maximum Gasteiger partial charge on any atom is 0.180 e. The summed E-state index contributed by atoms with van der Waals surface area (Å²) in [6.45, 7) is 3.09. The second kappa shape index (κ2) is 4.52. The van der Waals surface area contributed by atoms with Crippen LogP contribution in [0, 0.1) is 34.6 Å². The molecule has 1 rings (SSSR count). The van der Waals surface area contributed by atoms with Crippen LogP contribution in [0.2, 0.25) is 0 Å². The average molecular weight is 231 g/mol. The third kappa shape index (κ3) is 1.75. The zero-order valence-corrected chi connectivity index (χ0v) is 8.74. The van der Waals surface area contributed by atoms with E-state index >= 15 is 0 Å². The lowest BCUT2D eigenvalue weighted by atomic mass is 9.95. The van der Waals surface area contributed by atoms with E-state index in [1.165, 1.54) is 6.92 Å². The van der Waals surface area contributed by atoms with Crippen molar-refractivity contribution in [2.75, 3.05) is 0 Å². The molecule has 0 aliphatic rings. The molecule has 0 N–H and O–H groups in total. The summed E-state index contributed by atoms with van der Waals surface area (Å²) in [4.78, 5) is 0. The SMILES string of the molecule is CCC(C)c1c(F)c(F)c(C#N)c(F)c1F. The van der Waals surface area contributed by atoms with Gasteiger partial charge in [0.15, 0.2) is 23.3 Å². The van der Waals surface area contributed by atoms with Crippen LogP contribution < -0.4 is 0 Å². The summed E-state index contributed by atoms with van der Waals surface area (Å²) >= 11 is 0. The van der Waals surface area contributed by atoms with Gasteiger partial charge in [-0.2, -0.15) is 5.26 Å². The van der Waals surface area contributed by atoms with Crippen molar-refractivity contribution in [3.8, 4) is 6.07 Å². The second-order valence-corrected chi connectivity index (χ2v) is 3.47. The first-order valence-electron chi connectivity index (χ1n) is 4.71. The summed E-state index contributed by atoms with van der Waals surface area (Å²) in [5, 5.41) is 8.37. The van der Waals surface area contributed by atoms with Crippen LogP contribution in [0.1, 0.15) is 37.3 Å². The number of nitrogens with zero attached hydrogens (tertiary/aromatic N) is 1. The van der Waals surface area contributed by atoms with Crippen molar-refractivity contribution in [1.29, 1.82) is 5.26 Å². The molecule has 0 radical (unpaired) electrons. The topological polar surface area (TPSA) is 23.8 Å². The van der Waals surface area contributed by atoms with E-state index in [2.05, 4.69) is 0 Å². The smallest absolute Gasteiger partial charge is 0.180 e. The molecular formula is C11H9F4N. The standard InChI is InChI=1S/C11H9F4N/c1-3-5(2)7-10(14)8(12)6(4-16)9(13)11(7)15/h5H,3H2,1-2H3. The molecule has 0 saturated carbocycles. The zero-order valence-electron chi connectivity index (χ0n) is 8.74. The van der Waals surface area contributed by atoms with Gasteiger partial charge in [0.2, 0.25) is 0 Å². The third-order valence-corrected chi connectivity index (χ3v) is 2.51. The Bertz CT molecular complexity index is 433. The van der Waals surface area contributed by atoms with E-state index < -0.39 is 40.3 Å². The molecule has 0 spiro atoms. The number of rotatable bonds is 2. The molecule has 1 aromatic rings. The van der Waals surface area contributed by atoms with Gasteiger partial charge in [-0.3, -0.25) is 0 Å². The number of nitriles is 1. The van der Waals surface area contributed by atoms with E-state index in [9.17, 15) is 17.6 Å². The van der Waals surface area contributed by atoms with Gasteiger partial charge >= 0.3 is 0 Å². The monoisotopic (exact) mass is 231 g/mol. The minimum Gasteiger partial charge on any atom is -0.203 e. The van der Waals surface area contributed by atoms with Gasteiger partial charge < -0.3 is 0 Å². The fraction of sp³-hybridized carbons (Fsp3) is 0.364. The number of halogens is 4. The van der Waals surface area contributed by atoms with Crippen LogP contribution in [0.15, 0.2) is 0 Å². The predicted octanol–water partition coefficient (Wildman–Crippen LogP) is 3.63. The van der Waals surface area contributed by atoms with Gasteiger partial charge in [-0.15, -0.1) is 0 Å². The van der Waals surface area contributed by atoms with Crippen LogP contribution in [0.5, 0.6) is 0 Å².